The average molecular weight is 387 g/mol. The molecule has 26 heavy (non-hydrogen) atoms. The SMILES string of the molecule is C[C@H](NC(=O)c1ccccc1Cl)C(=O)Nc1ccc(OC(F)(F)F)cc1. The van der Waals surface area contributed by atoms with Crippen molar-refractivity contribution in [2.75, 3.05) is 5.32 Å². The quantitative estimate of drug-likeness (QED) is 0.816. The molecule has 2 rings (SSSR count). The zero-order valence-electron chi connectivity index (χ0n) is 13.4. The predicted molar refractivity (Wildman–Crippen MR) is 90.1 cm³/mol. The summed E-state index contributed by atoms with van der Waals surface area (Å²) in [5.41, 5.74) is 0.478. The fraction of sp³-hybridized carbons (Fsp3) is 0.176. The van der Waals surface area contributed by atoms with Crippen LogP contribution >= 0.6 is 11.6 Å². The van der Waals surface area contributed by atoms with Crippen molar-refractivity contribution in [3.63, 3.8) is 0 Å². The molecule has 9 heteroatoms. The molecule has 0 aliphatic carbocycles. The third-order valence-corrected chi connectivity index (χ3v) is 3.54. The molecule has 0 fully saturated rings. The lowest BCUT2D eigenvalue weighted by molar-refractivity contribution is -0.274. The summed E-state index contributed by atoms with van der Waals surface area (Å²) in [5, 5.41) is 5.22. The van der Waals surface area contributed by atoms with Crippen molar-refractivity contribution in [2.45, 2.75) is 19.3 Å². The van der Waals surface area contributed by atoms with E-state index in [0.717, 1.165) is 12.1 Å². The molecule has 2 aromatic rings. The molecule has 0 radical (unpaired) electrons. The van der Waals surface area contributed by atoms with Crippen LogP contribution in [0.2, 0.25) is 5.02 Å². The molecule has 0 aliphatic rings. The Kier molecular flexibility index (Phi) is 6.10. The Hall–Kier alpha value is -2.74. The highest BCUT2D eigenvalue weighted by Crippen LogP contribution is 2.24. The molecular formula is C17H14ClF3N2O3. The maximum Gasteiger partial charge on any atom is 0.573 e. The highest BCUT2D eigenvalue weighted by molar-refractivity contribution is 6.33. The van der Waals surface area contributed by atoms with Gasteiger partial charge in [0.1, 0.15) is 11.8 Å². The Morgan fingerprint density at radius 1 is 1.08 bits per heavy atom. The van der Waals surface area contributed by atoms with E-state index in [4.69, 9.17) is 11.6 Å². The van der Waals surface area contributed by atoms with Crippen molar-refractivity contribution in [1.82, 2.24) is 5.32 Å². The molecule has 0 bridgehead atoms. The largest absolute Gasteiger partial charge is 0.573 e. The normalized spacial score (nSPS) is 12.2. The molecule has 0 unspecified atom stereocenters. The zero-order chi connectivity index (χ0) is 19.3. The van der Waals surface area contributed by atoms with Gasteiger partial charge in [-0.3, -0.25) is 9.59 Å². The molecule has 2 aromatic carbocycles. The fourth-order valence-electron chi connectivity index (χ4n) is 1.98. The summed E-state index contributed by atoms with van der Waals surface area (Å²) >= 11 is 5.92. The first-order chi connectivity index (χ1) is 12.2. The second kappa shape index (κ2) is 8.09. The predicted octanol–water partition coefficient (Wildman–Crippen LogP) is 4.00. The summed E-state index contributed by atoms with van der Waals surface area (Å²) in [6, 6.07) is 10.1. The van der Waals surface area contributed by atoms with Crippen molar-refractivity contribution in [2.24, 2.45) is 0 Å². The first-order valence-corrected chi connectivity index (χ1v) is 7.75. The zero-order valence-corrected chi connectivity index (χ0v) is 14.2. The molecule has 0 aromatic heterocycles. The van der Waals surface area contributed by atoms with Gasteiger partial charge >= 0.3 is 6.36 Å². The maximum atomic E-state index is 12.1. The number of ether oxygens (including phenoxy) is 1. The fourth-order valence-corrected chi connectivity index (χ4v) is 2.20. The average Bonchev–Trinajstić information content (AvgIpc) is 2.55. The maximum absolute atomic E-state index is 12.1. The summed E-state index contributed by atoms with van der Waals surface area (Å²) in [5.74, 6) is -1.47. The van der Waals surface area contributed by atoms with Crippen LogP contribution in [0.5, 0.6) is 5.75 Å². The third kappa shape index (κ3) is 5.66. The Balaban J connectivity index is 1.94. The number of halogens is 4. The summed E-state index contributed by atoms with van der Waals surface area (Å²) in [4.78, 5) is 24.2. The topological polar surface area (TPSA) is 67.4 Å². The van der Waals surface area contributed by atoms with Crippen molar-refractivity contribution in [1.29, 1.82) is 0 Å². The van der Waals surface area contributed by atoms with Gasteiger partial charge in [0, 0.05) is 5.69 Å². The van der Waals surface area contributed by atoms with Gasteiger partial charge in [-0.1, -0.05) is 23.7 Å². The van der Waals surface area contributed by atoms with Crippen LogP contribution in [0, 0.1) is 0 Å². The van der Waals surface area contributed by atoms with E-state index in [-0.39, 0.29) is 16.3 Å². The van der Waals surface area contributed by atoms with Crippen molar-refractivity contribution < 1.29 is 27.5 Å². The van der Waals surface area contributed by atoms with Crippen molar-refractivity contribution >= 4 is 29.1 Å². The standard InChI is InChI=1S/C17H14ClF3N2O3/c1-10(22-16(25)13-4-2-3-5-14(13)18)15(24)23-11-6-8-12(9-7-11)26-17(19,20)21/h2-10H,1H3,(H,22,25)(H,23,24)/t10-/m0/s1. The van der Waals surface area contributed by atoms with Gasteiger partial charge in [-0.05, 0) is 43.3 Å². The van der Waals surface area contributed by atoms with Gasteiger partial charge in [0.2, 0.25) is 5.91 Å². The minimum atomic E-state index is -4.79. The van der Waals surface area contributed by atoms with Gasteiger partial charge in [0.05, 0.1) is 10.6 Å². The molecule has 0 aliphatic heterocycles. The van der Waals surface area contributed by atoms with Gasteiger partial charge in [-0.25, -0.2) is 0 Å². The highest BCUT2D eigenvalue weighted by atomic mass is 35.5. The molecule has 1 atom stereocenters. The van der Waals surface area contributed by atoms with E-state index in [1.165, 1.54) is 25.1 Å². The van der Waals surface area contributed by atoms with Crippen LogP contribution in [0.3, 0.4) is 0 Å². The minimum Gasteiger partial charge on any atom is -0.406 e. The molecule has 0 heterocycles. The monoisotopic (exact) mass is 386 g/mol. The van der Waals surface area contributed by atoms with E-state index in [9.17, 15) is 22.8 Å². The molecule has 0 saturated carbocycles. The van der Waals surface area contributed by atoms with E-state index in [2.05, 4.69) is 15.4 Å². The lowest BCUT2D eigenvalue weighted by Crippen LogP contribution is -2.41. The Morgan fingerprint density at radius 2 is 1.69 bits per heavy atom. The summed E-state index contributed by atoms with van der Waals surface area (Å²) in [7, 11) is 0. The molecule has 138 valence electrons. The summed E-state index contributed by atoms with van der Waals surface area (Å²) in [6.07, 6.45) is -4.79. The smallest absolute Gasteiger partial charge is 0.406 e. The van der Waals surface area contributed by atoms with E-state index < -0.39 is 30.0 Å². The number of benzene rings is 2. The van der Waals surface area contributed by atoms with E-state index >= 15 is 0 Å². The number of rotatable bonds is 5. The number of alkyl halides is 3. The number of amides is 2. The Morgan fingerprint density at radius 3 is 2.27 bits per heavy atom. The molecule has 5 nitrogen and oxygen atoms in total. The summed E-state index contributed by atoms with van der Waals surface area (Å²) < 4.78 is 40.1. The molecule has 2 N–H and O–H groups in total. The number of carbonyl (C=O) groups excluding carboxylic acids is 2. The van der Waals surface area contributed by atoms with E-state index in [0.29, 0.717) is 0 Å². The van der Waals surface area contributed by atoms with Gasteiger partial charge in [0.25, 0.3) is 5.91 Å². The summed E-state index contributed by atoms with van der Waals surface area (Å²) in [6.45, 7) is 1.46. The molecular weight excluding hydrogens is 373 g/mol. The highest BCUT2D eigenvalue weighted by Gasteiger charge is 2.31. The Bertz CT molecular complexity index is 795. The second-order valence-corrected chi connectivity index (χ2v) is 5.64. The molecule has 0 spiro atoms. The van der Waals surface area contributed by atoms with Crippen molar-refractivity contribution in [3.8, 4) is 5.75 Å². The number of hydrogen-bond acceptors (Lipinski definition) is 3. The van der Waals surface area contributed by atoms with Crippen LogP contribution in [0.1, 0.15) is 17.3 Å². The molecule has 0 saturated heterocycles. The molecule has 2 amide bonds. The number of carbonyl (C=O) groups is 2. The van der Waals surface area contributed by atoms with E-state index in [1.54, 1.807) is 18.2 Å². The third-order valence-electron chi connectivity index (χ3n) is 3.21. The first kappa shape index (κ1) is 19.6. The van der Waals surface area contributed by atoms with Crippen LogP contribution < -0.4 is 15.4 Å². The van der Waals surface area contributed by atoms with Crippen LogP contribution in [-0.4, -0.2) is 24.2 Å². The van der Waals surface area contributed by atoms with Gasteiger partial charge in [0.15, 0.2) is 0 Å². The second-order valence-electron chi connectivity index (χ2n) is 5.24. The Labute approximate surface area is 152 Å². The number of anilines is 1. The van der Waals surface area contributed by atoms with Crippen molar-refractivity contribution in [3.05, 3.63) is 59.1 Å². The van der Waals surface area contributed by atoms with Crippen LogP contribution in [-0.2, 0) is 4.79 Å². The lowest BCUT2D eigenvalue weighted by atomic mass is 10.2. The van der Waals surface area contributed by atoms with Gasteiger partial charge in [-0.15, -0.1) is 13.2 Å². The first-order valence-electron chi connectivity index (χ1n) is 7.38. The minimum absolute atomic E-state index is 0.225. The van der Waals surface area contributed by atoms with Gasteiger partial charge in [-0.2, -0.15) is 0 Å². The van der Waals surface area contributed by atoms with E-state index in [1.807, 2.05) is 0 Å². The van der Waals surface area contributed by atoms with Gasteiger partial charge < -0.3 is 15.4 Å². The van der Waals surface area contributed by atoms with Crippen LogP contribution in [0.25, 0.3) is 0 Å². The van der Waals surface area contributed by atoms with Crippen LogP contribution in [0.15, 0.2) is 48.5 Å². The van der Waals surface area contributed by atoms with Crippen LogP contribution in [0.4, 0.5) is 18.9 Å². The number of hydrogen-bond donors (Lipinski definition) is 2. The number of nitrogens with one attached hydrogen (secondary N) is 2. The lowest BCUT2D eigenvalue weighted by Gasteiger charge is -2.15.